The second-order valence-corrected chi connectivity index (χ2v) is 13.9. The van der Waals surface area contributed by atoms with Crippen LogP contribution in [0.5, 0.6) is 0 Å². The summed E-state index contributed by atoms with van der Waals surface area (Å²) in [5.74, 6) is 3.33. The van der Waals surface area contributed by atoms with Gasteiger partial charge in [0.05, 0.1) is 26.3 Å². The minimum atomic E-state index is -0.481. The van der Waals surface area contributed by atoms with E-state index in [1.54, 1.807) is 19.0 Å². The van der Waals surface area contributed by atoms with Crippen LogP contribution in [0.15, 0.2) is 0 Å². The molecule has 0 spiro atoms. The first-order valence-electron chi connectivity index (χ1n) is 14.5. The highest BCUT2D eigenvalue weighted by Gasteiger charge is 2.63. The fourth-order valence-corrected chi connectivity index (χ4v) is 9.64. The summed E-state index contributed by atoms with van der Waals surface area (Å²) < 4.78 is -0.481. The maximum absolute atomic E-state index is 12.9. The molecule has 6 nitrogen and oxygen atoms in total. The molecule has 4 aliphatic carbocycles. The van der Waals surface area contributed by atoms with Crippen molar-refractivity contribution in [2.45, 2.75) is 104 Å². The Labute approximate surface area is 213 Å². The van der Waals surface area contributed by atoms with Crippen molar-refractivity contribution in [2.24, 2.45) is 46.3 Å². The van der Waals surface area contributed by atoms with E-state index in [2.05, 4.69) is 20.8 Å². The van der Waals surface area contributed by atoms with E-state index in [0.29, 0.717) is 48.5 Å². The monoisotopic (exact) mass is 492 g/mol. The normalized spacial score (nSPS) is 44.2. The van der Waals surface area contributed by atoms with E-state index in [4.69, 9.17) is 0 Å². The van der Waals surface area contributed by atoms with Gasteiger partial charge >= 0.3 is 0 Å². The largest absolute Gasteiger partial charge is 0.632 e. The number of hydrogen-bond acceptors (Lipinski definition) is 4. The van der Waals surface area contributed by atoms with Crippen LogP contribution in [0.2, 0.25) is 0 Å². The van der Waals surface area contributed by atoms with Gasteiger partial charge in [0.1, 0.15) is 0 Å². The number of carbonyl (C=O) groups excluding carboxylic acids is 1. The summed E-state index contributed by atoms with van der Waals surface area (Å²) in [4.78, 5) is 14.6. The molecule has 4 rings (SSSR count). The molecule has 202 valence electrons. The van der Waals surface area contributed by atoms with Gasteiger partial charge in [-0.05, 0) is 111 Å². The second kappa shape index (κ2) is 9.89. The predicted octanol–water partition coefficient (Wildman–Crippen LogP) is 4.77. The van der Waals surface area contributed by atoms with Crippen molar-refractivity contribution in [1.82, 2.24) is 4.90 Å². The molecule has 0 aromatic heterocycles. The molecule has 0 aromatic rings. The number of amides is 1. The number of carbonyl (C=O) groups is 1. The van der Waals surface area contributed by atoms with Gasteiger partial charge in [0.25, 0.3) is 0 Å². The quantitative estimate of drug-likeness (QED) is 0.304. The van der Waals surface area contributed by atoms with Crippen molar-refractivity contribution in [3.8, 4) is 0 Å². The highest BCUT2D eigenvalue weighted by Crippen LogP contribution is 2.68. The first-order valence-corrected chi connectivity index (χ1v) is 14.5. The SMILES string of the molecule is CCN(C[N+](C)(C)[O-])C(=O)CCC(C)C1CCC2C3CCC4CC(O)CCC4(C)C3CC(O)C12C. The van der Waals surface area contributed by atoms with E-state index in [1.807, 2.05) is 6.92 Å². The van der Waals surface area contributed by atoms with Crippen LogP contribution < -0.4 is 0 Å². The molecule has 1 amide bonds. The summed E-state index contributed by atoms with van der Waals surface area (Å²) in [7, 11) is 3.16. The Balaban J connectivity index is 1.44. The van der Waals surface area contributed by atoms with Crippen LogP contribution in [-0.2, 0) is 4.79 Å². The molecule has 0 radical (unpaired) electrons. The van der Waals surface area contributed by atoms with E-state index < -0.39 is 4.65 Å². The summed E-state index contributed by atoms with van der Waals surface area (Å²) in [6.07, 6.45) is 9.59. The molecule has 0 heterocycles. The third kappa shape index (κ3) is 4.94. The second-order valence-electron chi connectivity index (χ2n) is 13.9. The van der Waals surface area contributed by atoms with Crippen LogP contribution in [0, 0.1) is 51.5 Å². The summed E-state index contributed by atoms with van der Waals surface area (Å²) in [5.41, 5.74) is 0.192. The number of rotatable bonds is 7. The Morgan fingerprint density at radius 3 is 2.46 bits per heavy atom. The van der Waals surface area contributed by atoms with Gasteiger partial charge in [-0.3, -0.25) is 9.69 Å². The van der Waals surface area contributed by atoms with Gasteiger partial charge in [-0.1, -0.05) is 20.8 Å². The molecule has 10 unspecified atom stereocenters. The fraction of sp³-hybridized carbons (Fsp3) is 0.966. The zero-order valence-corrected chi connectivity index (χ0v) is 23.2. The lowest BCUT2D eigenvalue weighted by atomic mass is 9.43. The molecule has 4 aliphatic rings. The van der Waals surface area contributed by atoms with Crippen molar-refractivity contribution >= 4 is 5.91 Å². The van der Waals surface area contributed by atoms with Crippen LogP contribution in [-0.4, -0.2) is 65.2 Å². The van der Waals surface area contributed by atoms with Crippen LogP contribution in [0.1, 0.15) is 91.9 Å². The lowest BCUT2D eigenvalue weighted by Crippen LogP contribution is -2.58. The molecule has 4 fully saturated rings. The third-order valence-electron chi connectivity index (χ3n) is 11.6. The topological polar surface area (TPSA) is 83.8 Å². The van der Waals surface area contributed by atoms with Gasteiger partial charge in [0.15, 0.2) is 6.67 Å². The Morgan fingerprint density at radius 1 is 1.09 bits per heavy atom. The molecular weight excluding hydrogens is 440 g/mol. The smallest absolute Gasteiger partial charge is 0.226 e. The van der Waals surface area contributed by atoms with Crippen LogP contribution in [0.3, 0.4) is 0 Å². The predicted molar refractivity (Wildman–Crippen MR) is 139 cm³/mol. The van der Waals surface area contributed by atoms with Crippen LogP contribution >= 0.6 is 0 Å². The van der Waals surface area contributed by atoms with Gasteiger partial charge in [-0.15, -0.1) is 0 Å². The Kier molecular flexibility index (Phi) is 7.72. The van der Waals surface area contributed by atoms with Crippen molar-refractivity contribution in [2.75, 3.05) is 27.3 Å². The van der Waals surface area contributed by atoms with Gasteiger partial charge in [-0.25, -0.2) is 0 Å². The molecule has 4 saturated carbocycles. The molecular formula is C29H52N2O4. The Bertz CT molecular complexity index is 768. The zero-order chi connectivity index (χ0) is 25.8. The minimum Gasteiger partial charge on any atom is -0.632 e. The number of aliphatic hydroxyl groups excluding tert-OH is 2. The molecule has 0 saturated heterocycles. The Morgan fingerprint density at radius 2 is 1.80 bits per heavy atom. The standard InChI is InChI=1S/C29H52N2O4/c1-7-30(18-31(5,6)35)27(34)13-8-19(2)23-11-12-24-22-10-9-20-16-21(32)14-15-28(20,3)25(22)17-26(33)29(23,24)4/h19-26,32-33H,7-18H2,1-6H3. The Hall–Kier alpha value is -0.690. The first kappa shape index (κ1) is 27.3. The van der Waals surface area contributed by atoms with Crippen LogP contribution in [0.25, 0.3) is 0 Å². The van der Waals surface area contributed by atoms with Crippen molar-refractivity contribution in [3.63, 3.8) is 0 Å². The molecule has 0 aliphatic heterocycles. The van der Waals surface area contributed by atoms with E-state index in [9.17, 15) is 20.2 Å². The maximum atomic E-state index is 12.9. The minimum absolute atomic E-state index is 0.0701. The van der Waals surface area contributed by atoms with Gasteiger partial charge < -0.3 is 20.1 Å². The third-order valence-corrected chi connectivity index (χ3v) is 11.6. The molecule has 2 N–H and O–H groups in total. The number of hydroxylamine groups is 3. The fourth-order valence-electron chi connectivity index (χ4n) is 9.64. The van der Waals surface area contributed by atoms with Gasteiger partial charge in [0.2, 0.25) is 5.91 Å². The number of hydrogen-bond donors (Lipinski definition) is 2. The number of aliphatic hydroxyl groups is 2. The van der Waals surface area contributed by atoms with E-state index in [-0.39, 0.29) is 35.6 Å². The summed E-state index contributed by atoms with van der Waals surface area (Å²) in [6, 6.07) is 0. The van der Waals surface area contributed by atoms with Crippen molar-refractivity contribution in [3.05, 3.63) is 5.21 Å². The maximum Gasteiger partial charge on any atom is 0.226 e. The van der Waals surface area contributed by atoms with Gasteiger partial charge in [0, 0.05) is 13.0 Å². The number of fused-ring (bicyclic) bond motifs is 5. The highest BCUT2D eigenvalue weighted by molar-refractivity contribution is 5.75. The van der Waals surface area contributed by atoms with E-state index in [0.717, 1.165) is 38.5 Å². The zero-order valence-electron chi connectivity index (χ0n) is 23.2. The number of nitrogens with zero attached hydrogens (tertiary/aromatic N) is 2. The van der Waals surface area contributed by atoms with E-state index >= 15 is 0 Å². The molecule has 0 bridgehead atoms. The summed E-state index contributed by atoms with van der Waals surface area (Å²) in [6.45, 7) is 9.83. The van der Waals surface area contributed by atoms with Gasteiger partial charge in [-0.2, -0.15) is 0 Å². The molecule has 0 aromatic carbocycles. The molecule has 10 atom stereocenters. The first-order chi connectivity index (χ1) is 16.3. The van der Waals surface area contributed by atoms with E-state index in [1.165, 1.54) is 19.3 Å². The number of quaternary nitrogens is 1. The van der Waals surface area contributed by atoms with Crippen molar-refractivity contribution in [1.29, 1.82) is 0 Å². The average molecular weight is 493 g/mol. The lowest BCUT2D eigenvalue weighted by Gasteiger charge is -2.62. The highest BCUT2D eigenvalue weighted by atomic mass is 16.5. The van der Waals surface area contributed by atoms with Crippen LogP contribution in [0.4, 0.5) is 0 Å². The lowest BCUT2D eigenvalue weighted by molar-refractivity contribution is -0.849. The molecule has 35 heavy (non-hydrogen) atoms. The summed E-state index contributed by atoms with van der Waals surface area (Å²) in [5, 5.41) is 34.1. The van der Waals surface area contributed by atoms with Crippen molar-refractivity contribution < 1.29 is 19.7 Å². The average Bonchev–Trinajstić information content (AvgIpc) is 3.15. The molecule has 6 heteroatoms. The summed E-state index contributed by atoms with van der Waals surface area (Å²) >= 11 is 0.